The van der Waals surface area contributed by atoms with E-state index >= 15 is 0 Å². The molecule has 0 N–H and O–H groups in total. The molecule has 0 aromatic heterocycles. The maximum atomic E-state index is 12.1. The number of rotatable bonds is 3. The van der Waals surface area contributed by atoms with Crippen molar-refractivity contribution in [2.75, 3.05) is 5.75 Å². The van der Waals surface area contributed by atoms with Gasteiger partial charge in [-0.3, -0.25) is 0 Å². The second kappa shape index (κ2) is 4.48. The van der Waals surface area contributed by atoms with Crippen molar-refractivity contribution in [3.05, 3.63) is 28.7 Å². The molecule has 1 nitrogen and oxygen atoms in total. The molecule has 0 bridgehead atoms. The van der Waals surface area contributed by atoms with Gasteiger partial charge in [0, 0.05) is 9.89 Å². The van der Waals surface area contributed by atoms with Crippen molar-refractivity contribution in [3.63, 3.8) is 0 Å². The molecule has 0 saturated heterocycles. The molecule has 1 aromatic carbocycles. The van der Waals surface area contributed by atoms with Crippen LogP contribution in [-0.2, 0) is 11.2 Å². The maximum absolute atomic E-state index is 12.1. The highest BCUT2D eigenvalue weighted by Crippen LogP contribution is 2.42. The van der Waals surface area contributed by atoms with E-state index in [4.69, 9.17) is 0 Å². The molecule has 1 aliphatic carbocycles. The molecule has 1 unspecified atom stereocenters. The van der Waals surface area contributed by atoms with Crippen LogP contribution in [0.15, 0.2) is 33.6 Å². The molecule has 0 aliphatic heterocycles. The van der Waals surface area contributed by atoms with Crippen molar-refractivity contribution in [2.45, 2.75) is 31.1 Å². The van der Waals surface area contributed by atoms with Gasteiger partial charge in [-0.2, -0.15) is 0 Å². The fourth-order valence-electron chi connectivity index (χ4n) is 1.91. The second-order valence-electron chi connectivity index (χ2n) is 4.61. The molecule has 3 heteroatoms. The van der Waals surface area contributed by atoms with Crippen LogP contribution in [-0.4, -0.2) is 10.3 Å². The summed E-state index contributed by atoms with van der Waals surface area (Å²) in [5, 5.41) is 0. The maximum Gasteiger partial charge on any atom is 0.152 e. The monoisotopic (exact) mass is 286 g/mol. The Morgan fingerprint density at radius 3 is 2.40 bits per heavy atom. The topological polar surface area (TPSA) is 23.1 Å². The van der Waals surface area contributed by atoms with Crippen LogP contribution in [0.3, 0.4) is 0 Å². The van der Waals surface area contributed by atoms with Gasteiger partial charge in [0.05, 0.1) is 0 Å². The van der Waals surface area contributed by atoms with Gasteiger partial charge < -0.3 is 4.55 Å². The van der Waals surface area contributed by atoms with E-state index in [2.05, 4.69) is 22.9 Å². The smallest absolute Gasteiger partial charge is 0.152 e. The minimum absolute atomic E-state index is 0.331. The van der Waals surface area contributed by atoms with Crippen LogP contribution < -0.4 is 0 Å². The Balaban J connectivity index is 2.01. The van der Waals surface area contributed by atoms with Gasteiger partial charge in [-0.05, 0) is 48.3 Å². The standard InChI is InChI=1S/C12H15BrOS/c1-12(7-2-8-12)9-15(14)11-5-3-10(13)4-6-11/h3-6H,2,7-9H2,1H3. The first-order valence-electron chi connectivity index (χ1n) is 5.23. The van der Waals surface area contributed by atoms with Gasteiger partial charge in [-0.25, -0.2) is 0 Å². The van der Waals surface area contributed by atoms with Crippen LogP contribution in [0.5, 0.6) is 0 Å². The first-order chi connectivity index (χ1) is 7.09. The lowest BCUT2D eigenvalue weighted by Gasteiger charge is -2.37. The molecule has 1 atom stereocenters. The molecular weight excluding hydrogens is 272 g/mol. The summed E-state index contributed by atoms with van der Waals surface area (Å²) in [6.07, 6.45) is 3.76. The van der Waals surface area contributed by atoms with Crippen molar-refractivity contribution in [1.29, 1.82) is 0 Å². The molecule has 1 saturated carbocycles. The number of halogens is 1. The zero-order valence-corrected chi connectivity index (χ0v) is 11.2. The van der Waals surface area contributed by atoms with Gasteiger partial charge in [0.25, 0.3) is 0 Å². The highest BCUT2D eigenvalue weighted by atomic mass is 79.9. The van der Waals surface area contributed by atoms with Crippen molar-refractivity contribution < 1.29 is 4.55 Å². The molecule has 0 radical (unpaired) electrons. The number of hydrogen-bond donors (Lipinski definition) is 0. The van der Waals surface area contributed by atoms with Crippen molar-refractivity contribution in [3.8, 4) is 0 Å². The quantitative estimate of drug-likeness (QED) is 0.776. The predicted octanol–water partition coefficient (Wildman–Crippen LogP) is 3.75. The van der Waals surface area contributed by atoms with Gasteiger partial charge in [-0.15, -0.1) is 0 Å². The first-order valence-corrected chi connectivity index (χ1v) is 7.34. The van der Waals surface area contributed by atoms with E-state index in [9.17, 15) is 4.55 Å². The Bertz CT molecular complexity index is 332. The zero-order valence-electron chi connectivity index (χ0n) is 8.83. The SMILES string of the molecule is CC1(C[S+]([O-])c2ccc(Br)cc2)CCC1. The van der Waals surface area contributed by atoms with E-state index in [1.54, 1.807) is 0 Å². The van der Waals surface area contributed by atoms with Crippen LogP contribution in [0.1, 0.15) is 26.2 Å². The Labute approximate surface area is 103 Å². The minimum atomic E-state index is -0.831. The third-order valence-corrected chi connectivity index (χ3v) is 5.40. The number of benzene rings is 1. The molecule has 1 aromatic rings. The van der Waals surface area contributed by atoms with E-state index in [0.717, 1.165) is 15.1 Å². The summed E-state index contributed by atoms with van der Waals surface area (Å²) in [6.45, 7) is 2.24. The fourth-order valence-corrected chi connectivity index (χ4v) is 3.70. The average Bonchev–Trinajstić information content (AvgIpc) is 2.16. The van der Waals surface area contributed by atoms with E-state index in [-0.39, 0.29) is 0 Å². The summed E-state index contributed by atoms with van der Waals surface area (Å²) in [4.78, 5) is 0.950. The van der Waals surface area contributed by atoms with Crippen LogP contribution in [0.2, 0.25) is 0 Å². The molecule has 0 amide bonds. The number of hydrogen-bond acceptors (Lipinski definition) is 1. The van der Waals surface area contributed by atoms with Gasteiger partial charge in [0.15, 0.2) is 4.90 Å². The largest absolute Gasteiger partial charge is 0.611 e. The minimum Gasteiger partial charge on any atom is -0.611 e. The summed E-state index contributed by atoms with van der Waals surface area (Å²) in [5.41, 5.74) is 0.331. The lowest BCUT2D eigenvalue weighted by atomic mass is 9.72. The highest BCUT2D eigenvalue weighted by Gasteiger charge is 2.36. The highest BCUT2D eigenvalue weighted by molar-refractivity contribution is 9.10. The van der Waals surface area contributed by atoms with Crippen molar-refractivity contribution in [2.24, 2.45) is 5.41 Å². The summed E-state index contributed by atoms with van der Waals surface area (Å²) in [6, 6.07) is 7.80. The summed E-state index contributed by atoms with van der Waals surface area (Å²) < 4.78 is 13.1. The molecule has 82 valence electrons. The van der Waals surface area contributed by atoms with Crippen LogP contribution >= 0.6 is 15.9 Å². The molecule has 1 aliphatic rings. The van der Waals surface area contributed by atoms with Crippen LogP contribution in [0, 0.1) is 5.41 Å². The average molecular weight is 287 g/mol. The van der Waals surface area contributed by atoms with Gasteiger partial charge >= 0.3 is 0 Å². The second-order valence-corrected chi connectivity index (χ2v) is 6.97. The zero-order chi connectivity index (χ0) is 10.9. The van der Waals surface area contributed by atoms with Crippen LogP contribution in [0.4, 0.5) is 0 Å². The van der Waals surface area contributed by atoms with E-state index in [1.807, 2.05) is 24.3 Å². The molecule has 15 heavy (non-hydrogen) atoms. The Kier molecular flexibility index (Phi) is 3.43. The third-order valence-electron chi connectivity index (χ3n) is 3.12. The lowest BCUT2D eigenvalue weighted by molar-refractivity contribution is 0.194. The fraction of sp³-hybridized carbons (Fsp3) is 0.500. The normalized spacial score (nSPS) is 20.7. The van der Waals surface area contributed by atoms with E-state index in [0.29, 0.717) is 5.41 Å². The summed E-state index contributed by atoms with van der Waals surface area (Å²) in [7, 11) is 0. The first kappa shape index (κ1) is 11.5. The van der Waals surface area contributed by atoms with Gasteiger partial charge in [0.1, 0.15) is 5.75 Å². The van der Waals surface area contributed by atoms with Crippen molar-refractivity contribution >= 4 is 27.1 Å². The Morgan fingerprint density at radius 1 is 1.33 bits per heavy atom. The van der Waals surface area contributed by atoms with Gasteiger partial charge in [0.2, 0.25) is 0 Å². The van der Waals surface area contributed by atoms with Gasteiger partial charge in [-0.1, -0.05) is 29.3 Å². The Morgan fingerprint density at radius 2 is 1.93 bits per heavy atom. The third kappa shape index (κ3) is 2.77. The molecule has 2 rings (SSSR count). The summed E-state index contributed by atoms with van der Waals surface area (Å²) in [5.74, 6) is 0.814. The molecule has 1 fully saturated rings. The summed E-state index contributed by atoms with van der Waals surface area (Å²) >= 11 is 2.55. The molecule has 0 heterocycles. The van der Waals surface area contributed by atoms with E-state index < -0.39 is 11.2 Å². The Hall–Kier alpha value is 0.01000. The predicted molar refractivity (Wildman–Crippen MR) is 67.4 cm³/mol. The van der Waals surface area contributed by atoms with E-state index in [1.165, 1.54) is 19.3 Å². The van der Waals surface area contributed by atoms with Crippen molar-refractivity contribution in [1.82, 2.24) is 0 Å². The lowest BCUT2D eigenvalue weighted by Crippen LogP contribution is -2.33. The molecule has 0 spiro atoms. The van der Waals surface area contributed by atoms with Crippen LogP contribution in [0.25, 0.3) is 0 Å². The molecular formula is C12H15BrOS.